The first-order valence-corrected chi connectivity index (χ1v) is 7.52. The number of nitriles is 1. The molecule has 1 aromatic heterocycles. The molecule has 6 nitrogen and oxygen atoms in total. The van der Waals surface area contributed by atoms with Crippen LogP contribution in [0.1, 0.15) is 22.6 Å². The summed E-state index contributed by atoms with van der Waals surface area (Å²) in [5.74, 6) is 0.488. The number of hydrogen-bond acceptors (Lipinski definition) is 5. The van der Waals surface area contributed by atoms with E-state index in [2.05, 4.69) is 9.88 Å². The Kier molecular flexibility index (Phi) is 4.17. The average molecular weight is 291 g/mol. The first-order chi connectivity index (χ1) is 9.48. The molecule has 0 bridgehead atoms. The molecule has 2 rings (SSSR count). The second-order valence-electron chi connectivity index (χ2n) is 4.32. The van der Waals surface area contributed by atoms with Gasteiger partial charge in [-0.3, -0.25) is 0 Å². The lowest BCUT2D eigenvalue weighted by Gasteiger charge is -2.05. The van der Waals surface area contributed by atoms with Crippen molar-refractivity contribution >= 4 is 10.0 Å². The lowest BCUT2D eigenvalue weighted by Crippen LogP contribution is -2.24. The Morgan fingerprint density at radius 1 is 1.35 bits per heavy atom. The van der Waals surface area contributed by atoms with E-state index in [1.165, 1.54) is 0 Å². The van der Waals surface area contributed by atoms with Crippen molar-refractivity contribution in [3.8, 4) is 6.07 Å². The summed E-state index contributed by atoms with van der Waals surface area (Å²) in [6, 6.07) is 10.1. The maximum Gasteiger partial charge on any atom is 0.216 e. The molecule has 1 aromatic carbocycles. The molecular formula is C13H13N3O3S. The molecular weight excluding hydrogens is 278 g/mol. The fourth-order valence-corrected chi connectivity index (χ4v) is 2.73. The molecule has 0 spiro atoms. The predicted molar refractivity (Wildman–Crippen MR) is 71.9 cm³/mol. The van der Waals surface area contributed by atoms with Gasteiger partial charge < -0.3 is 4.52 Å². The standard InChI is InChI=1S/C13H13N3O3S/c1-10-6-13(16-19-10)8-15-20(17,18)9-12-4-2-11(7-14)3-5-12/h2-6,15H,8-9H2,1H3. The first kappa shape index (κ1) is 14.2. The molecule has 1 N–H and O–H groups in total. The Balaban J connectivity index is 1.98. The van der Waals surface area contributed by atoms with Gasteiger partial charge in [-0.05, 0) is 24.6 Å². The quantitative estimate of drug-likeness (QED) is 0.900. The van der Waals surface area contributed by atoms with Crippen molar-refractivity contribution in [1.82, 2.24) is 9.88 Å². The van der Waals surface area contributed by atoms with Gasteiger partial charge in [0, 0.05) is 6.07 Å². The van der Waals surface area contributed by atoms with Gasteiger partial charge in [-0.1, -0.05) is 17.3 Å². The van der Waals surface area contributed by atoms with Crippen molar-refractivity contribution < 1.29 is 12.9 Å². The highest BCUT2D eigenvalue weighted by atomic mass is 32.2. The summed E-state index contributed by atoms with van der Waals surface area (Å²) in [6.07, 6.45) is 0. The van der Waals surface area contributed by atoms with Crippen LogP contribution >= 0.6 is 0 Å². The second kappa shape index (κ2) is 5.86. The predicted octanol–water partition coefficient (Wildman–Crippen LogP) is 1.47. The van der Waals surface area contributed by atoms with Crippen LogP contribution in [0.4, 0.5) is 0 Å². The van der Waals surface area contributed by atoms with Crippen molar-refractivity contribution in [3.63, 3.8) is 0 Å². The van der Waals surface area contributed by atoms with Crippen molar-refractivity contribution in [2.45, 2.75) is 19.2 Å². The van der Waals surface area contributed by atoms with Gasteiger partial charge in [0.15, 0.2) is 0 Å². The Morgan fingerprint density at radius 3 is 2.60 bits per heavy atom. The van der Waals surface area contributed by atoms with Gasteiger partial charge >= 0.3 is 0 Å². The van der Waals surface area contributed by atoms with Crippen LogP contribution < -0.4 is 4.72 Å². The fraction of sp³-hybridized carbons (Fsp3) is 0.231. The number of benzene rings is 1. The van der Waals surface area contributed by atoms with Crippen molar-refractivity contribution in [3.05, 3.63) is 52.9 Å². The van der Waals surface area contributed by atoms with Gasteiger partial charge in [0.1, 0.15) is 5.76 Å². The van der Waals surface area contributed by atoms with E-state index in [-0.39, 0.29) is 12.3 Å². The van der Waals surface area contributed by atoms with E-state index in [1.807, 2.05) is 6.07 Å². The van der Waals surface area contributed by atoms with E-state index in [1.54, 1.807) is 37.3 Å². The van der Waals surface area contributed by atoms with Gasteiger partial charge in [-0.15, -0.1) is 0 Å². The number of rotatable bonds is 5. The monoisotopic (exact) mass is 291 g/mol. The van der Waals surface area contributed by atoms with E-state index in [4.69, 9.17) is 9.78 Å². The third kappa shape index (κ3) is 3.91. The summed E-state index contributed by atoms with van der Waals surface area (Å²) >= 11 is 0. The zero-order valence-corrected chi connectivity index (χ0v) is 11.6. The Labute approximate surface area is 117 Å². The SMILES string of the molecule is Cc1cc(CNS(=O)(=O)Cc2ccc(C#N)cc2)no1. The van der Waals surface area contributed by atoms with Gasteiger partial charge in [0.05, 0.1) is 29.6 Å². The van der Waals surface area contributed by atoms with Crippen LogP contribution in [-0.2, 0) is 22.3 Å². The molecule has 0 atom stereocenters. The maximum absolute atomic E-state index is 11.9. The molecule has 20 heavy (non-hydrogen) atoms. The van der Waals surface area contributed by atoms with Crippen LogP contribution in [0.3, 0.4) is 0 Å². The molecule has 0 unspecified atom stereocenters. The molecule has 1 heterocycles. The molecule has 0 saturated carbocycles. The minimum Gasteiger partial charge on any atom is -0.361 e. The molecule has 0 radical (unpaired) electrons. The topological polar surface area (TPSA) is 96.0 Å². The van der Waals surface area contributed by atoms with E-state index in [0.29, 0.717) is 22.6 Å². The smallest absolute Gasteiger partial charge is 0.216 e. The average Bonchev–Trinajstić information content (AvgIpc) is 2.83. The zero-order valence-electron chi connectivity index (χ0n) is 10.8. The van der Waals surface area contributed by atoms with Crippen LogP contribution in [0.2, 0.25) is 0 Å². The van der Waals surface area contributed by atoms with E-state index in [9.17, 15) is 8.42 Å². The molecule has 0 saturated heterocycles. The molecule has 0 amide bonds. The number of aromatic nitrogens is 1. The number of nitrogens with zero attached hydrogens (tertiary/aromatic N) is 2. The van der Waals surface area contributed by atoms with E-state index in [0.717, 1.165) is 0 Å². The van der Waals surface area contributed by atoms with Crippen LogP contribution in [0.25, 0.3) is 0 Å². The number of sulfonamides is 1. The Bertz CT molecular complexity index is 727. The zero-order chi connectivity index (χ0) is 14.6. The van der Waals surface area contributed by atoms with Crippen molar-refractivity contribution in [2.75, 3.05) is 0 Å². The fourth-order valence-electron chi connectivity index (χ4n) is 1.63. The third-order valence-corrected chi connectivity index (χ3v) is 3.89. The molecule has 0 aliphatic heterocycles. The van der Waals surface area contributed by atoms with Crippen molar-refractivity contribution in [2.24, 2.45) is 0 Å². The summed E-state index contributed by atoms with van der Waals surface area (Å²) in [4.78, 5) is 0. The molecule has 2 aromatic rings. The lowest BCUT2D eigenvalue weighted by molar-refractivity contribution is 0.390. The second-order valence-corrected chi connectivity index (χ2v) is 6.12. The summed E-state index contributed by atoms with van der Waals surface area (Å²) in [6.45, 7) is 1.83. The number of aryl methyl sites for hydroxylation is 1. The highest BCUT2D eigenvalue weighted by Gasteiger charge is 2.12. The third-order valence-electron chi connectivity index (χ3n) is 2.59. The van der Waals surface area contributed by atoms with E-state index < -0.39 is 10.0 Å². The van der Waals surface area contributed by atoms with Crippen LogP contribution in [0.15, 0.2) is 34.9 Å². The number of hydrogen-bond donors (Lipinski definition) is 1. The molecule has 0 fully saturated rings. The maximum atomic E-state index is 11.9. The highest BCUT2D eigenvalue weighted by molar-refractivity contribution is 7.88. The van der Waals surface area contributed by atoms with Gasteiger partial charge in [0.2, 0.25) is 10.0 Å². The normalized spacial score (nSPS) is 11.2. The molecule has 7 heteroatoms. The Morgan fingerprint density at radius 2 is 2.05 bits per heavy atom. The highest BCUT2D eigenvalue weighted by Crippen LogP contribution is 2.08. The summed E-state index contributed by atoms with van der Waals surface area (Å²) in [5.41, 5.74) is 1.65. The minimum atomic E-state index is -3.46. The molecule has 0 aliphatic carbocycles. The first-order valence-electron chi connectivity index (χ1n) is 5.87. The Hall–Kier alpha value is -2.17. The van der Waals surface area contributed by atoms with Crippen LogP contribution in [0, 0.1) is 18.3 Å². The number of nitrogens with one attached hydrogen (secondary N) is 1. The van der Waals surface area contributed by atoms with Gasteiger partial charge in [-0.2, -0.15) is 5.26 Å². The molecule has 0 aliphatic rings. The van der Waals surface area contributed by atoms with Gasteiger partial charge in [-0.25, -0.2) is 13.1 Å². The largest absolute Gasteiger partial charge is 0.361 e. The van der Waals surface area contributed by atoms with Crippen molar-refractivity contribution in [1.29, 1.82) is 5.26 Å². The van der Waals surface area contributed by atoms with Crippen LogP contribution in [0.5, 0.6) is 0 Å². The lowest BCUT2D eigenvalue weighted by atomic mass is 10.2. The van der Waals surface area contributed by atoms with Crippen LogP contribution in [-0.4, -0.2) is 13.6 Å². The van der Waals surface area contributed by atoms with Gasteiger partial charge in [0.25, 0.3) is 0 Å². The van der Waals surface area contributed by atoms with E-state index >= 15 is 0 Å². The molecule has 104 valence electrons. The minimum absolute atomic E-state index is 0.0932. The summed E-state index contributed by atoms with van der Waals surface area (Å²) in [5, 5.41) is 12.4. The summed E-state index contributed by atoms with van der Waals surface area (Å²) in [7, 11) is -3.46. The summed E-state index contributed by atoms with van der Waals surface area (Å²) < 4.78 is 31.1.